The van der Waals surface area contributed by atoms with E-state index < -0.39 is 17.6 Å². The standard InChI is InChI=1S/C16H17F2N3O2/c1-9-6-14(23-20-9)10-7-21(2)8-11(10)16(22)19-13-5-3-4-12(17)15(13)18/h3-6,10-11H,7-8H2,1-2H3,(H,19,22)/t10-,11-/m0/s1. The number of amides is 1. The Kier molecular flexibility index (Phi) is 4.12. The highest BCUT2D eigenvalue weighted by atomic mass is 19.2. The smallest absolute Gasteiger partial charge is 0.229 e. The molecule has 1 aromatic heterocycles. The lowest BCUT2D eigenvalue weighted by Crippen LogP contribution is -2.28. The fourth-order valence-electron chi connectivity index (χ4n) is 2.94. The zero-order valence-corrected chi connectivity index (χ0v) is 12.8. The zero-order valence-electron chi connectivity index (χ0n) is 12.8. The summed E-state index contributed by atoms with van der Waals surface area (Å²) in [5, 5.41) is 6.33. The summed E-state index contributed by atoms with van der Waals surface area (Å²) in [5.74, 6) is -2.37. The van der Waals surface area contributed by atoms with Gasteiger partial charge in [-0.2, -0.15) is 0 Å². The van der Waals surface area contributed by atoms with Crippen molar-refractivity contribution in [3.63, 3.8) is 0 Å². The van der Waals surface area contributed by atoms with Gasteiger partial charge in [0.2, 0.25) is 5.91 Å². The van der Waals surface area contributed by atoms with Gasteiger partial charge in [-0.3, -0.25) is 4.79 Å². The molecule has 2 heterocycles. The maximum atomic E-state index is 13.7. The number of rotatable bonds is 3. The number of hydrogen-bond acceptors (Lipinski definition) is 4. The monoisotopic (exact) mass is 321 g/mol. The average Bonchev–Trinajstić information content (AvgIpc) is 3.09. The number of anilines is 1. The van der Waals surface area contributed by atoms with Gasteiger partial charge in [-0.25, -0.2) is 8.78 Å². The summed E-state index contributed by atoms with van der Waals surface area (Å²) < 4.78 is 32.3. The van der Waals surface area contributed by atoms with E-state index >= 15 is 0 Å². The lowest BCUT2D eigenvalue weighted by molar-refractivity contribution is -0.120. The molecule has 5 nitrogen and oxygen atoms in total. The Morgan fingerprint density at radius 1 is 1.39 bits per heavy atom. The molecule has 0 saturated carbocycles. The van der Waals surface area contributed by atoms with Crippen molar-refractivity contribution in [2.45, 2.75) is 12.8 Å². The molecule has 1 aliphatic heterocycles. The van der Waals surface area contributed by atoms with E-state index in [1.54, 1.807) is 6.07 Å². The maximum absolute atomic E-state index is 13.7. The Balaban J connectivity index is 1.81. The molecule has 2 aromatic rings. The van der Waals surface area contributed by atoms with Crippen molar-refractivity contribution in [1.82, 2.24) is 10.1 Å². The molecule has 1 aromatic carbocycles. The molecule has 1 fully saturated rings. The molecule has 7 heteroatoms. The number of carbonyl (C=O) groups is 1. The molecule has 1 saturated heterocycles. The van der Waals surface area contributed by atoms with Crippen LogP contribution in [0.2, 0.25) is 0 Å². The molecule has 0 bridgehead atoms. The summed E-state index contributed by atoms with van der Waals surface area (Å²) in [6.07, 6.45) is 0. The van der Waals surface area contributed by atoms with Gasteiger partial charge in [0.1, 0.15) is 5.76 Å². The Bertz CT molecular complexity index is 732. The average molecular weight is 321 g/mol. The van der Waals surface area contributed by atoms with Gasteiger partial charge >= 0.3 is 0 Å². The molecular formula is C16H17F2N3O2. The number of aromatic nitrogens is 1. The first kappa shape index (κ1) is 15.6. The number of nitrogens with zero attached hydrogens (tertiary/aromatic N) is 2. The molecule has 1 N–H and O–H groups in total. The molecule has 1 aliphatic rings. The van der Waals surface area contributed by atoms with E-state index in [1.807, 2.05) is 18.9 Å². The quantitative estimate of drug-likeness (QED) is 0.944. The van der Waals surface area contributed by atoms with Gasteiger partial charge in [-0.15, -0.1) is 0 Å². The molecule has 0 spiro atoms. The molecule has 0 unspecified atom stereocenters. The second-order valence-electron chi connectivity index (χ2n) is 5.90. The van der Waals surface area contributed by atoms with Crippen LogP contribution < -0.4 is 5.32 Å². The number of likely N-dealkylation sites (tertiary alicyclic amines) is 1. The van der Waals surface area contributed by atoms with Gasteiger partial charge in [0, 0.05) is 25.1 Å². The van der Waals surface area contributed by atoms with E-state index in [4.69, 9.17) is 4.52 Å². The number of benzene rings is 1. The Morgan fingerprint density at radius 3 is 2.87 bits per heavy atom. The molecule has 23 heavy (non-hydrogen) atoms. The van der Waals surface area contributed by atoms with E-state index in [-0.39, 0.29) is 17.5 Å². The minimum Gasteiger partial charge on any atom is -0.361 e. The molecule has 122 valence electrons. The highest BCUT2D eigenvalue weighted by molar-refractivity contribution is 5.93. The second kappa shape index (κ2) is 6.08. The molecule has 3 rings (SSSR count). The fourth-order valence-corrected chi connectivity index (χ4v) is 2.94. The van der Waals surface area contributed by atoms with Crippen molar-refractivity contribution < 1.29 is 18.1 Å². The van der Waals surface area contributed by atoms with Crippen molar-refractivity contribution in [2.24, 2.45) is 5.92 Å². The molecule has 0 aliphatic carbocycles. The third-order valence-corrected chi connectivity index (χ3v) is 4.06. The van der Waals surface area contributed by atoms with E-state index in [1.165, 1.54) is 12.1 Å². The predicted octanol–water partition coefficient (Wildman–Crippen LogP) is 2.55. The molecular weight excluding hydrogens is 304 g/mol. The van der Waals surface area contributed by atoms with Crippen molar-refractivity contribution in [3.05, 3.63) is 47.4 Å². The summed E-state index contributed by atoms with van der Waals surface area (Å²) in [6, 6.07) is 5.50. The molecule has 2 atom stereocenters. The fraction of sp³-hybridized carbons (Fsp3) is 0.375. The van der Waals surface area contributed by atoms with E-state index in [0.717, 1.165) is 11.8 Å². The highest BCUT2D eigenvalue weighted by Crippen LogP contribution is 2.33. The normalized spacial score (nSPS) is 21.6. The van der Waals surface area contributed by atoms with Gasteiger partial charge in [-0.1, -0.05) is 11.2 Å². The molecule has 1 amide bonds. The van der Waals surface area contributed by atoms with Crippen LogP contribution >= 0.6 is 0 Å². The van der Waals surface area contributed by atoms with Gasteiger partial charge < -0.3 is 14.7 Å². The third-order valence-electron chi connectivity index (χ3n) is 4.06. The minimum atomic E-state index is -1.06. The van der Waals surface area contributed by atoms with Crippen LogP contribution in [0.3, 0.4) is 0 Å². The summed E-state index contributed by atoms with van der Waals surface area (Å²) in [4.78, 5) is 14.5. The van der Waals surface area contributed by atoms with Crippen LogP contribution in [-0.4, -0.2) is 36.1 Å². The second-order valence-corrected chi connectivity index (χ2v) is 5.90. The minimum absolute atomic E-state index is 0.156. The first-order valence-corrected chi connectivity index (χ1v) is 7.32. The maximum Gasteiger partial charge on any atom is 0.229 e. The van der Waals surface area contributed by atoms with Crippen LogP contribution in [-0.2, 0) is 4.79 Å². The molecule has 0 radical (unpaired) electrons. The third kappa shape index (κ3) is 3.10. The summed E-state index contributed by atoms with van der Waals surface area (Å²) >= 11 is 0. The number of halogens is 2. The first-order chi connectivity index (χ1) is 11.0. The van der Waals surface area contributed by atoms with E-state index in [2.05, 4.69) is 10.5 Å². The van der Waals surface area contributed by atoms with Crippen LogP contribution in [0.25, 0.3) is 0 Å². The Morgan fingerprint density at radius 2 is 2.17 bits per heavy atom. The van der Waals surface area contributed by atoms with Crippen molar-refractivity contribution in [2.75, 3.05) is 25.5 Å². The number of nitrogens with one attached hydrogen (secondary N) is 1. The first-order valence-electron chi connectivity index (χ1n) is 7.32. The SMILES string of the molecule is Cc1cc([C@H]2CN(C)C[C@@H]2C(=O)Nc2cccc(F)c2F)on1. The topological polar surface area (TPSA) is 58.4 Å². The largest absolute Gasteiger partial charge is 0.361 e. The van der Waals surface area contributed by atoms with Crippen LogP contribution in [0, 0.1) is 24.5 Å². The van der Waals surface area contributed by atoms with Gasteiger partial charge in [-0.05, 0) is 26.1 Å². The van der Waals surface area contributed by atoms with Gasteiger partial charge in [0.05, 0.1) is 17.3 Å². The summed E-state index contributed by atoms with van der Waals surface area (Å²) in [7, 11) is 1.90. The van der Waals surface area contributed by atoms with Crippen molar-refractivity contribution in [1.29, 1.82) is 0 Å². The highest BCUT2D eigenvalue weighted by Gasteiger charge is 2.39. The lowest BCUT2D eigenvalue weighted by atomic mass is 9.92. The van der Waals surface area contributed by atoms with Gasteiger partial charge in [0.25, 0.3) is 0 Å². The number of hydrogen-bond donors (Lipinski definition) is 1. The van der Waals surface area contributed by atoms with Crippen molar-refractivity contribution >= 4 is 11.6 Å². The van der Waals surface area contributed by atoms with E-state index in [0.29, 0.717) is 18.8 Å². The van der Waals surface area contributed by atoms with Crippen molar-refractivity contribution in [3.8, 4) is 0 Å². The van der Waals surface area contributed by atoms with Gasteiger partial charge in [0.15, 0.2) is 11.6 Å². The Hall–Kier alpha value is -2.28. The number of carbonyl (C=O) groups excluding carboxylic acids is 1. The Labute approximate surface area is 132 Å². The van der Waals surface area contributed by atoms with Crippen LogP contribution in [0.4, 0.5) is 14.5 Å². The van der Waals surface area contributed by atoms with Crippen LogP contribution in [0.15, 0.2) is 28.8 Å². The lowest BCUT2D eigenvalue weighted by Gasteiger charge is -2.16. The number of likely N-dealkylation sites (N-methyl/N-ethyl adjacent to an activating group) is 1. The summed E-state index contributed by atoms with van der Waals surface area (Å²) in [5.41, 5.74) is 0.585. The number of aryl methyl sites for hydroxylation is 1. The van der Waals surface area contributed by atoms with E-state index in [9.17, 15) is 13.6 Å². The zero-order chi connectivity index (χ0) is 16.6. The predicted molar refractivity (Wildman–Crippen MR) is 80.0 cm³/mol. The summed E-state index contributed by atoms with van der Waals surface area (Å²) in [6.45, 7) is 2.95. The van der Waals surface area contributed by atoms with Crippen LogP contribution in [0.1, 0.15) is 17.4 Å². The van der Waals surface area contributed by atoms with Crippen LogP contribution in [0.5, 0.6) is 0 Å².